The summed E-state index contributed by atoms with van der Waals surface area (Å²) in [6, 6.07) is 10.5. The van der Waals surface area contributed by atoms with Gasteiger partial charge in [-0.05, 0) is 0 Å². The van der Waals surface area contributed by atoms with E-state index < -0.39 is 24.9 Å². The summed E-state index contributed by atoms with van der Waals surface area (Å²) in [5.74, 6) is 0. The fourth-order valence-corrected chi connectivity index (χ4v) is 15.2. The fraction of sp³-hybridized carbons (Fsp3) is 0.143. The molecule has 0 radical (unpaired) electrons. The number of alkyl halides is 1. The quantitative estimate of drug-likeness (QED) is 0.338. The predicted octanol–water partition coefficient (Wildman–Crippen LogP) is 5.01. The van der Waals surface area contributed by atoms with Gasteiger partial charge in [-0.3, -0.25) is 0 Å². The molecule has 0 nitrogen and oxygen atoms in total. The van der Waals surface area contributed by atoms with Crippen LogP contribution < -0.4 is 0 Å². The van der Waals surface area contributed by atoms with Gasteiger partial charge in [-0.25, -0.2) is 0 Å². The van der Waals surface area contributed by atoms with Gasteiger partial charge >= 0.3 is 103 Å². The molecule has 1 aromatic rings. The summed E-state index contributed by atoms with van der Waals surface area (Å²) < 4.78 is 9.06. The molecule has 0 atom stereocenters. The second-order valence-electron chi connectivity index (χ2n) is 1.88. The Morgan fingerprint density at radius 1 is 1.36 bits per heavy atom. The van der Waals surface area contributed by atoms with E-state index in [9.17, 15) is 0 Å². The first-order chi connectivity index (χ1) is 5.70. The summed E-state index contributed by atoms with van der Waals surface area (Å²) >= 11 is 3.75. The van der Waals surface area contributed by atoms with Crippen LogP contribution in [-0.4, -0.2) is 0.594 Å². The van der Waals surface area contributed by atoms with Gasteiger partial charge in [0.05, 0.1) is 0 Å². The van der Waals surface area contributed by atoms with Gasteiger partial charge in [-0.1, -0.05) is 0 Å². The molecule has 0 aliphatic rings. The van der Waals surface area contributed by atoms with E-state index in [0.717, 1.165) is 4.43 Å². The molecule has 0 heterocycles. The van der Waals surface area contributed by atoms with E-state index in [4.69, 9.17) is 0.594 Å². The van der Waals surface area contributed by atoms with E-state index >= 15 is 0 Å². The SMILES string of the molecule is [2H]I(Cc1ccccc1)I(I)I. The minimum absolute atomic E-state index is 0.827. The molecule has 0 unspecified atom stereocenters. The van der Waals surface area contributed by atoms with Crippen molar-refractivity contribution in [3.63, 3.8) is 0 Å². The third kappa shape index (κ3) is 5.45. The molecule has 1 aromatic carbocycles. The van der Waals surface area contributed by atoms with Gasteiger partial charge < -0.3 is 0 Å². The van der Waals surface area contributed by atoms with Crippen molar-refractivity contribution in [1.29, 1.82) is 0.594 Å². The first-order valence-corrected chi connectivity index (χ1v) is 23.3. The molecule has 0 saturated carbocycles. The zero-order valence-corrected chi connectivity index (χ0v) is 14.2. The molecular formula is C7H8I4. The van der Waals surface area contributed by atoms with E-state index in [1.807, 2.05) is 6.07 Å². The van der Waals surface area contributed by atoms with Crippen molar-refractivity contribution in [2.45, 2.75) is 4.43 Å². The molecule has 0 amide bonds. The third-order valence-corrected chi connectivity index (χ3v) is 27.2. The Morgan fingerprint density at radius 2 is 2.00 bits per heavy atom. The maximum atomic E-state index is 7.98. The third-order valence-electron chi connectivity index (χ3n) is 1.12. The average molecular weight is 601 g/mol. The van der Waals surface area contributed by atoms with Crippen LogP contribution >= 0.6 is 62.2 Å². The van der Waals surface area contributed by atoms with Gasteiger partial charge in [0.15, 0.2) is 0 Å². The molecule has 1 rings (SSSR count). The predicted molar refractivity (Wildman–Crippen MR) is 87.6 cm³/mol. The molecule has 0 bridgehead atoms. The van der Waals surface area contributed by atoms with E-state index in [-0.39, 0.29) is 0 Å². The van der Waals surface area contributed by atoms with E-state index in [1.54, 1.807) is 0 Å². The summed E-state index contributed by atoms with van der Waals surface area (Å²) in [5.41, 5.74) is 1.37. The second kappa shape index (κ2) is 6.57. The van der Waals surface area contributed by atoms with E-state index in [2.05, 4.69) is 61.5 Å². The van der Waals surface area contributed by atoms with Crippen LogP contribution in [0.4, 0.5) is 0 Å². The van der Waals surface area contributed by atoms with Crippen LogP contribution in [0.2, 0.25) is 0 Å². The van der Waals surface area contributed by atoms with Gasteiger partial charge in [0, 0.05) is 0 Å². The van der Waals surface area contributed by atoms with Crippen LogP contribution in [0.1, 0.15) is 5.56 Å². The van der Waals surface area contributed by atoms with Crippen LogP contribution in [0.5, 0.6) is 0 Å². The van der Waals surface area contributed by atoms with Crippen LogP contribution in [0.3, 0.4) is 0 Å². The topological polar surface area (TPSA) is 0 Å². The summed E-state index contributed by atoms with van der Waals surface area (Å²) in [6.45, 7) is 0. The molecule has 0 aliphatic heterocycles. The van der Waals surface area contributed by atoms with Crippen molar-refractivity contribution >= 4 is 62.2 Å². The van der Waals surface area contributed by atoms with Gasteiger partial charge in [0.25, 0.3) is 0 Å². The Morgan fingerprint density at radius 3 is 2.55 bits per heavy atom. The molecule has 0 saturated heterocycles. The minimum atomic E-state index is -1.29. The Balaban J connectivity index is 2.53. The first-order valence-electron chi connectivity index (χ1n) is 3.34. The van der Waals surface area contributed by atoms with Gasteiger partial charge in [-0.2, -0.15) is 0 Å². The standard InChI is InChI=1S/C7H8I4/c8-11(9)10-6-7-4-2-1-3-5-7/h1-5,10H,6H2/i10D. The van der Waals surface area contributed by atoms with Crippen LogP contribution in [0, 0.1) is 0 Å². The molecular weight excluding hydrogens is 592 g/mol. The van der Waals surface area contributed by atoms with E-state index in [1.165, 1.54) is 5.56 Å². The van der Waals surface area contributed by atoms with Crippen molar-refractivity contribution in [2.24, 2.45) is 0 Å². The van der Waals surface area contributed by atoms with Crippen molar-refractivity contribution in [3.8, 4) is 0 Å². The molecule has 11 heavy (non-hydrogen) atoms. The number of benzene rings is 1. The fourth-order valence-electron chi connectivity index (χ4n) is 0.664. The average Bonchev–Trinajstić information content (AvgIpc) is 2.06. The Hall–Kier alpha value is 2.14. The molecule has 0 spiro atoms. The zero-order chi connectivity index (χ0) is 8.97. The number of halogens is 4. The zero-order valence-electron chi connectivity index (χ0n) is 6.61. The Kier molecular flexibility index (Phi) is 5.79. The van der Waals surface area contributed by atoms with Crippen molar-refractivity contribution in [2.75, 3.05) is 0 Å². The molecule has 0 fully saturated rings. The second-order valence-corrected chi connectivity index (χ2v) is 55.8. The van der Waals surface area contributed by atoms with Crippen LogP contribution in [0.15, 0.2) is 30.3 Å². The number of hydrogen-bond donors (Lipinski definition) is 0. The monoisotopic (exact) mass is 601 g/mol. The van der Waals surface area contributed by atoms with Crippen molar-refractivity contribution < 1.29 is 0 Å². The Bertz CT molecular complexity index is 226. The van der Waals surface area contributed by atoms with Crippen molar-refractivity contribution in [1.82, 2.24) is 0 Å². The summed E-state index contributed by atoms with van der Waals surface area (Å²) in [6.07, 6.45) is 0. The molecule has 4 heteroatoms. The van der Waals surface area contributed by atoms with Crippen LogP contribution in [-0.2, 0) is 4.43 Å². The summed E-state index contributed by atoms with van der Waals surface area (Å²) in [5, 5.41) is 0. The normalized spacial score (nSPS) is 13.8. The van der Waals surface area contributed by atoms with Gasteiger partial charge in [0.1, 0.15) is 0 Å². The maximum absolute atomic E-state index is 7.98. The first kappa shape index (κ1) is 9.69. The van der Waals surface area contributed by atoms with E-state index in [0.29, 0.717) is 0 Å². The van der Waals surface area contributed by atoms with Crippen LogP contribution in [0.25, 0.3) is 0 Å². The summed E-state index contributed by atoms with van der Waals surface area (Å²) in [7, 11) is -0.827. The van der Waals surface area contributed by atoms with Crippen molar-refractivity contribution in [3.05, 3.63) is 35.9 Å². The van der Waals surface area contributed by atoms with Gasteiger partial charge in [-0.15, -0.1) is 0 Å². The molecule has 64 valence electrons. The molecule has 0 aliphatic carbocycles. The number of hydrogen-bond acceptors (Lipinski definition) is 0. The summed E-state index contributed by atoms with van der Waals surface area (Å²) in [4.78, 5) is 0. The number of rotatable bonds is 3. The molecule has 0 N–H and O–H groups in total. The molecule has 0 aromatic heterocycles. The van der Waals surface area contributed by atoms with Gasteiger partial charge in [0.2, 0.25) is 0 Å². The Labute approximate surface area is 101 Å².